The van der Waals surface area contributed by atoms with Crippen LogP contribution in [0.1, 0.15) is 11.1 Å². The lowest BCUT2D eigenvalue weighted by Crippen LogP contribution is -2.21. The fourth-order valence-corrected chi connectivity index (χ4v) is 2.52. The summed E-state index contributed by atoms with van der Waals surface area (Å²) in [6.07, 6.45) is 3.16. The topological polar surface area (TPSA) is 69.0 Å². The summed E-state index contributed by atoms with van der Waals surface area (Å²) in [7, 11) is 0. The van der Waals surface area contributed by atoms with Crippen molar-refractivity contribution in [2.24, 2.45) is 0 Å². The third kappa shape index (κ3) is 3.97. The average Bonchev–Trinajstić information content (AvgIpc) is 3.12. The number of aryl methyl sites for hydroxylation is 1. The molecule has 1 amide bonds. The zero-order chi connectivity index (χ0) is 17.8. The molecule has 0 fully saturated rings. The van der Waals surface area contributed by atoms with Crippen LogP contribution >= 0.6 is 11.6 Å². The molecule has 0 saturated heterocycles. The van der Waals surface area contributed by atoms with Crippen molar-refractivity contribution < 1.29 is 9.53 Å². The lowest BCUT2D eigenvalue weighted by Gasteiger charge is -2.13. The number of hydrogen-bond donors (Lipinski definition) is 1. The standard InChI is InChI=1S/C18H17ClN4O2/c1-12-6-7-17(16(8-12)23-10-20-21-11-23)25-9-18(24)22-15-5-3-4-14(19)13(15)2/h3-8,10-11H,9H2,1-2H3,(H,22,24). The quantitative estimate of drug-likeness (QED) is 0.759. The number of nitrogens with one attached hydrogen (secondary N) is 1. The molecule has 128 valence electrons. The number of aromatic nitrogens is 3. The number of carbonyl (C=O) groups is 1. The molecule has 1 N–H and O–H groups in total. The van der Waals surface area contributed by atoms with Gasteiger partial charge in [0.2, 0.25) is 0 Å². The number of anilines is 1. The second-order valence-electron chi connectivity index (χ2n) is 5.59. The molecule has 0 atom stereocenters. The van der Waals surface area contributed by atoms with E-state index in [0.29, 0.717) is 16.5 Å². The zero-order valence-electron chi connectivity index (χ0n) is 13.9. The van der Waals surface area contributed by atoms with Crippen molar-refractivity contribution in [1.82, 2.24) is 14.8 Å². The minimum atomic E-state index is -0.263. The molecule has 0 spiro atoms. The minimum absolute atomic E-state index is 0.121. The smallest absolute Gasteiger partial charge is 0.262 e. The first-order chi connectivity index (χ1) is 12.0. The van der Waals surface area contributed by atoms with Gasteiger partial charge in [0.15, 0.2) is 6.61 Å². The Morgan fingerprint density at radius 3 is 2.72 bits per heavy atom. The predicted molar refractivity (Wildman–Crippen MR) is 96.4 cm³/mol. The number of carbonyl (C=O) groups excluding carboxylic acids is 1. The number of benzene rings is 2. The number of rotatable bonds is 5. The molecule has 0 radical (unpaired) electrons. The minimum Gasteiger partial charge on any atom is -0.482 e. The normalized spacial score (nSPS) is 10.5. The highest BCUT2D eigenvalue weighted by atomic mass is 35.5. The van der Waals surface area contributed by atoms with E-state index in [1.54, 1.807) is 35.4 Å². The van der Waals surface area contributed by atoms with Crippen molar-refractivity contribution in [1.29, 1.82) is 0 Å². The van der Waals surface area contributed by atoms with Gasteiger partial charge in [-0.05, 0) is 49.2 Å². The Hall–Kier alpha value is -2.86. The first-order valence-corrected chi connectivity index (χ1v) is 8.06. The van der Waals surface area contributed by atoms with Gasteiger partial charge in [0, 0.05) is 10.7 Å². The van der Waals surface area contributed by atoms with E-state index in [4.69, 9.17) is 16.3 Å². The number of ether oxygens (including phenoxy) is 1. The molecule has 3 aromatic rings. The molecule has 0 aliphatic carbocycles. The van der Waals surface area contributed by atoms with Crippen molar-refractivity contribution in [3.63, 3.8) is 0 Å². The van der Waals surface area contributed by atoms with E-state index in [9.17, 15) is 4.79 Å². The van der Waals surface area contributed by atoms with Crippen molar-refractivity contribution in [3.8, 4) is 11.4 Å². The van der Waals surface area contributed by atoms with Crippen LogP contribution in [0.3, 0.4) is 0 Å². The van der Waals surface area contributed by atoms with E-state index in [2.05, 4.69) is 15.5 Å². The van der Waals surface area contributed by atoms with Gasteiger partial charge in [0.25, 0.3) is 5.91 Å². The molecule has 25 heavy (non-hydrogen) atoms. The van der Waals surface area contributed by atoms with Crippen LogP contribution in [-0.2, 0) is 4.79 Å². The summed E-state index contributed by atoms with van der Waals surface area (Å²) < 4.78 is 7.44. The molecule has 3 rings (SSSR count). The van der Waals surface area contributed by atoms with Gasteiger partial charge in [-0.2, -0.15) is 0 Å². The summed E-state index contributed by atoms with van der Waals surface area (Å²) in [5.74, 6) is 0.309. The van der Waals surface area contributed by atoms with Crippen LogP contribution in [0.25, 0.3) is 5.69 Å². The first kappa shape index (κ1) is 17.0. The van der Waals surface area contributed by atoms with Crippen LogP contribution in [0.4, 0.5) is 5.69 Å². The van der Waals surface area contributed by atoms with Crippen LogP contribution in [0, 0.1) is 13.8 Å². The van der Waals surface area contributed by atoms with Crippen molar-refractivity contribution in [2.45, 2.75) is 13.8 Å². The molecule has 0 saturated carbocycles. The van der Waals surface area contributed by atoms with E-state index < -0.39 is 0 Å². The van der Waals surface area contributed by atoms with Gasteiger partial charge in [0.1, 0.15) is 18.4 Å². The van der Waals surface area contributed by atoms with Crippen molar-refractivity contribution in [2.75, 3.05) is 11.9 Å². The van der Waals surface area contributed by atoms with Gasteiger partial charge >= 0.3 is 0 Å². The second kappa shape index (κ2) is 7.36. The monoisotopic (exact) mass is 356 g/mol. The molecule has 1 aromatic heterocycles. The number of hydrogen-bond acceptors (Lipinski definition) is 4. The van der Waals surface area contributed by atoms with E-state index >= 15 is 0 Å². The van der Waals surface area contributed by atoms with Crippen molar-refractivity contribution >= 4 is 23.2 Å². The second-order valence-corrected chi connectivity index (χ2v) is 6.00. The third-order valence-corrected chi connectivity index (χ3v) is 4.12. The summed E-state index contributed by atoms with van der Waals surface area (Å²) in [4.78, 5) is 12.2. The van der Waals surface area contributed by atoms with Gasteiger partial charge in [-0.15, -0.1) is 10.2 Å². The lowest BCUT2D eigenvalue weighted by molar-refractivity contribution is -0.118. The first-order valence-electron chi connectivity index (χ1n) is 7.68. The maximum atomic E-state index is 12.2. The van der Waals surface area contributed by atoms with Gasteiger partial charge in [0.05, 0.1) is 5.69 Å². The summed E-state index contributed by atoms with van der Waals surface area (Å²) in [5.41, 5.74) is 3.33. The van der Waals surface area contributed by atoms with Gasteiger partial charge in [-0.1, -0.05) is 23.7 Å². The van der Waals surface area contributed by atoms with E-state index in [1.807, 2.05) is 32.0 Å². The summed E-state index contributed by atoms with van der Waals surface area (Å²) in [6.45, 7) is 3.71. The lowest BCUT2D eigenvalue weighted by atomic mass is 10.2. The van der Waals surface area contributed by atoms with Crippen LogP contribution in [0.5, 0.6) is 5.75 Å². The van der Waals surface area contributed by atoms with E-state index in [-0.39, 0.29) is 12.5 Å². The van der Waals surface area contributed by atoms with Crippen LogP contribution in [0.2, 0.25) is 5.02 Å². The van der Waals surface area contributed by atoms with Crippen LogP contribution < -0.4 is 10.1 Å². The SMILES string of the molecule is Cc1ccc(OCC(=O)Nc2cccc(Cl)c2C)c(-n2cnnc2)c1. The number of nitrogens with zero attached hydrogens (tertiary/aromatic N) is 3. The molecule has 0 unspecified atom stereocenters. The maximum Gasteiger partial charge on any atom is 0.262 e. The molecule has 7 heteroatoms. The number of amides is 1. The highest BCUT2D eigenvalue weighted by molar-refractivity contribution is 6.31. The highest BCUT2D eigenvalue weighted by Gasteiger charge is 2.11. The fraction of sp³-hybridized carbons (Fsp3) is 0.167. The average molecular weight is 357 g/mol. The van der Waals surface area contributed by atoms with Gasteiger partial charge in [-0.25, -0.2) is 0 Å². The van der Waals surface area contributed by atoms with Crippen LogP contribution in [0.15, 0.2) is 49.1 Å². The molecular weight excluding hydrogens is 340 g/mol. The summed E-state index contributed by atoms with van der Waals surface area (Å²) in [6, 6.07) is 11.0. The molecule has 6 nitrogen and oxygen atoms in total. The van der Waals surface area contributed by atoms with Crippen molar-refractivity contribution in [3.05, 3.63) is 65.2 Å². The number of halogens is 1. The van der Waals surface area contributed by atoms with E-state index in [0.717, 1.165) is 16.8 Å². The molecule has 2 aromatic carbocycles. The maximum absolute atomic E-state index is 12.2. The highest BCUT2D eigenvalue weighted by Crippen LogP contribution is 2.25. The Balaban J connectivity index is 1.71. The zero-order valence-corrected chi connectivity index (χ0v) is 14.6. The fourth-order valence-electron chi connectivity index (χ4n) is 2.35. The predicted octanol–water partition coefficient (Wildman–Crippen LogP) is 3.56. The Morgan fingerprint density at radius 2 is 1.96 bits per heavy atom. The molecular formula is C18H17ClN4O2. The summed E-state index contributed by atoms with van der Waals surface area (Å²) in [5, 5.41) is 11.0. The Bertz CT molecular complexity index is 894. The van der Waals surface area contributed by atoms with Gasteiger partial charge in [-0.3, -0.25) is 9.36 Å². The molecule has 0 aliphatic rings. The molecule has 1 heterocycles. The molecule has 0 bridgehead atoms. The Labute approximate surface area is 150 Å². The Kier molecular flexibility index (Phi) is 5.00. The van der Waals surface area contributed by atoms with E-state index in [1.165, 1.54) is 0 Å². The van der Waals surface area contributed by atoms with Crippen LogP contribution in [-0.4, -0.2) is 27.3 Å². The Morgan fingerprint density at radius 1 is 1.20 bits per heavy atom. The summed E-state index contributed by atoms with van der Waals surface area (Å²) >= 11 is 6.07. The van der Waals surface area contributed by atoms with Gasteiger partial charge < -0.3 is 10.1 Å². The third-order valence-electron chi connectivity index (χ3n) is 3.71. The largest absolute Gasteiger partial charge is 0.482 e. The molecule has 0 aliphatic heterocycles.